The first kappa shape index (κ1) is 25.3. The molecule has 180 valence electrons. The number of para-hydroxylation sites is 1. The lowest BCUT2D eigenvalue weighted by Crippen LogP contribution is -2.29. The monoisotopic (exact) mass is 483 g/mol. The molecule has 1 saturated carbocycles. The second kappa shape index (κ2) is 11.3. The normalized spacial score (nSPS) is 14.8. The number of nitrogens with zero attached hydrogens (tertiary/aromatic N) is 1. The van der Waals surface area contributed by atoms with Crippen LogP contribution in [-0.4, -0.2) is 32.3 Å². The van der Waals surface area contributed by atoms with E-state index in [9.17, 15) is 9.59 Å². The quantitative estimate of drug-likeness (QED) is 0.271. The number of Topliss-reactive ketones (excluding diaryl/α,β-unsaturated/α-hetero) is 1. The summed E-state index contributed by atoms with van der Waals surface area (Å²) in [6, 6.07) is 26.6. The molecule has 1 aliphatic rings. The first-order valence-corrected chi connectivity index (χ1v) is 13.5. The maximum absolute atomic E-state index is 13.1. The lowest BCUT2D eigenvalue weighted by molar-refractivity contribution is -0.119. The maximum Gasteiger partial charge on any atom is 0.227 e. The Balaban J connectivity index is 1.44. The highest BCUT2D eigenvalue weighted by Gasteiger charge is 2.45. The van der Waals surface area contributed by atoms with E-state index in [0.29, 0.717) is 11.7 Å². The van der Waals surface area contributed by atoms with Crippen molar-refractivity contribution in [3.63, 3.8) is 0 Å². The number of ketones is 1. The van der Waals surface area contributed by atoms with Gasteiger partial charge in [-0.3, -0.25) is 9.59 Å². The molecule has 3 aromatic carbocycles. The number of rotatable bonds is 11. The number of carbonyl (C=O) groups is 2. The van der Waals surface area contributed by atoms with Gasteiger partial charge in [-0.05, 0) is 61.3 Å². The van der Waals surface area contributed by atoms with Gasteiger partial charge in [0.25, 0.3) is 0 Å². The summed E-state index contributed by atoms with van der Waals surface area (Å²) in [4.78, 5) is 27.0. The molecule has 5 heteroatoms. The van der Waals surface area contributed by atoms with Gasteiger partial charge in [-0.15, -0.1) is 0 Å². The fraction of sp³-hybridized carbons (Fsp3) is 0.333. The summed E-state index contributed by atoms with van der Waals surface area (Å²) in [5.74, 6) is 1.30. The summed E-state index contributed by atoms with van der Waals surface area (Å²) in [7, 11) is 4.01. The number of benzene rings is 3. The van der Waals surface area contributed by atoms with Crippen LogP contribution >= 0.6 is 11.8 Å². The molecule has 1 aliphatic carbocycles. The minimum Gasteiger partial charge on any atom is -0.315 e. The molecule has 0 N–H and O–H groups in total. The number of amides is 1. The number of thioether (sulfide) groups is 1. The maximum atomic E-state index is 13.1. The highest BCUT2D eigenvalue weighted by molar-refractivity contribution is 7.99. The van der Waals surface area contributed by atoms with Gasteiger partial charge in [-0.1, -0.05) is 72.2 Å². The van der Waals surface area contributed by atoms with Crippen molar-refractivity contribution in [3.05, 3.63) is 95.6 Å². The molecule has 0 bridgehead atoms. The van der Waals surface area contributed by atoms with Crippen LogP contribution in [0.4, 0.5) is 5.69 Å². The van der Waals surface area contributed by atoms with E-state index in [-0.39, 0.29) is 17.1 Å². The Morgan fingerprint density at radius 2 is 1.71 bits per heavy atom. The zero-order valence-electron chi connectivity index (χ0n) is 21.0. The molecular formula is C30H34BNO2S. The predicted octanol–water partition coefficient (Wildman–Crippen LogP) is 5.39. The molecule has 3 nitrogen and oxygen atoms in total. The molecule has 1 fully saturated rings. The van der Waals surface area contributed by atoms with E-state index in [4.69, 9.17) is 0 Å². The smallest absolute Gasteiger partial charge is 0.227 e. The lowest BCUT2D eigenvalue weighted by atomic mass is 9.92. The molecule has 4 rings (SSSR count). The zero-order chi connectivity index (χ0) is 24.8. The minimum absolute atomic E-state index is 0.101. The molecule has 3 aromatic rings. The van der Waals surface area contributed by atoms with Crippen molar-refractivity contribution in [2.24, 2.45) is 5.41 Å². The van der Waals surface area contributed by atoms with Crippen LogP contribution in [0.25, 0.3) is 0 Å². The SMILES string of the molecule is Bc1cccc([C@@H](CCc2ccccc2C(C)=O)SCC2(CC(=O)N(C)c3ccccc3)CC2)c1. The van der Waals surface area contributed by atoms with Crippen molar-refractivity contribution >= 4 is 42.4 Å². The zero-order valence-corrected chi connectivity index (χ0v) is 21.8. The fourth-order valence-electron chi connectivity index (χ4n) is 4.65. The second-order valence-electron chi connectivity index (χ2n) is 9.93. The third kappa shape index (κ3) is 6.67. The molecule has 0 saturated heterocycles. The first-order valence-electron chi connectivity index (χ1n) is 12.5. The summed E-state index contributed by atoms with van der Waals surface area (Å²) in [6.07, 6.45) is 4.65. The average molecular weight is 483 g/mol. The largest absolute Gasteiger partial charge is 0.315 e. The molecule has 0 radical (unpaired) electrons. The number of aryl methyl sites for hydroxylation is 1. The van der Waals surface area contributed by atoms with E-state index in [1.165, 1.54) is 11.0 Å². The summed E-state index contributed by atoms with van der Waals surface area (Å²) in [6.45, 7) is 1.64. The summed E-state index contributed by atoms with van der Waals surface area (Å²) >= 11 is 1.98. The molecule has 35 heavy (non-hydrogen) atoms. The summed E-state index contributed by atoms with van der Waals surface area (Å²) in [5.41, 5.74) is 5.59. The third-order valence-corrected chi connectivity index (χ3v) is 8.77. The van der Waals surface area contributed by atoms with Crippen LogP contribution in [0.15, 0.2) is 78.9 Å². The van der Waals surface area contributed by atoms with Crippen molar-refractivity contribution in [1.82, 2.24) is 0 Å². The van der Waals surface area contributed by atoms with Crippen molar-refractivity contribution in [3.8, 4) is 0 Å². The number of hydrogen-bond donors (Lipinski definition) is 0. The van der Waals surface area contributed by atoms with E-state index < -0.39 is 0 Å². The van der Waals surface area contributed by atoms with E-state index in [1.54, 1.807) is 11.8 Å². The number of carbonyl (C=O) groups excluding carboxylic acids is 2. The van der Waals surface area contributed by atoms with Gasteiger partial charge < -0.3 is 4.90 Å². The van der Waals surface area contributed by atoms with E-state index in [1.807, 2.05) is 67.3 Å². The Kier molecular flexibility index (Phi) is 8.17. The van der Waals surface area contributed by atoms with Gasteiger partial charge >= 0.3 is 0 Å². The van der Waals surface area contributed by atoms with Crippen molar-refractivity contribution in [2.75, 3.05) is 17.7 Å². The van der Waals surface area contributed by atoms with Crippen molar-refractivity contribution < 1.29 is 9.59 Å². The van der Waals surface area contributed by atoms with E-state index >= 15 is 0 Å². The molecular weight excluding hydrogens is 449 g/mol. The Bertz CT molecular complexity index is 1180. The van der Waals surface area contributed by atoms with Gasteiger partial charge in [0.2, 0.25) is 5.91 Å². The van der Waals surface area contributed by atoms with Gasteiger partial charge in [-0.25, -0.2) is 0 Å². The Morgan fingerprint density at radius 3 is 2.40 bits per heavy atom. The van der Waals surface area contributed by atoms with Crippen LogP contribution in [0.1, 0.15) is 59.3 Å². The van der Waals surface area contributed by atoms with Crippen molar-refractivity contribution in [1.29, 1.82) is 0 Å². The van der Waals surface area contributed by atoms with Crippen LogP contribution in [0.3, 0.4) is 0 Å². The van der Waals surface area contributed by atoms with Gasteiger partial charge in [0.1, 0.15) is 7.85 Å². The molecule has 1 atom stereocenters. The third-order valence-electron chi connectivity index (χ3n) is 7.08. The molecule has 0 spiro atoms. The lowest BCUT2D eigenvalue weighted by Gasteiger charge is -2.24. The second-order valence-corrected chi connectivity index (χ2v) is 11.1. The Labute approximate surface area is 214 Å². The fourth-order valence-corrected chi connectivity index (χ4v) is 6.22. The highest BCUT2D eigenvalue weighted by Crippen LogP contribution is 2.53. The number of hydrogen-bond acceptors (Lipinski definition) is 3. The predicted molar refractivity (Wildman–Crippen MR) is 151 cm³/mol. The molecule has 0 aromatic heterocycles. The number of anilines is 1. The van der Waals surface area contributed by atoms with Crippen LogP contribution in [0.2, 0.25) is 0 Å². The Hall–Kier alpha value is -2.79. The van der Waals surface area contributed by atoms with Crippen LogP contribution < -0.4 is 10.4 Å². The van der Waals surface area contributed by atoms with Crippen LogP contribution in [-0.2, 0) is 11.2 Å². The standard InChI is InChI=1S/C30H34BNO2S/c1-22(33)27-14-7-6-9-23(27)15-16-28(24-10-8-11-25(31)19-24)35-21-30(17-18-30)20-29(34)32(2)26-12-4-3-5-13-26/h3-14,19,28H,15-18,20-21,31H2,1-2H3/t28-/m1/s1. The molecule has 0 heterocycles. The van der Waals surface area contributed by atoms with Gasteiger partial charge in [0.15, 0.2) is 5.78 Å². The average Bonchev–Trinajstić information content (AvgIpc) is 3.63. The topological polar surface area (TPSA) is 37.4 Å². The Morgan fingerprint density at radius 1 is 1.00 bits per heavy atom. The molecule has 0 aliphatic heterocycles. The molecule has 1 amide bonds. The van der Waals surface area contributed by atoms with E-state index in [2.05, 4.69) is 38.2 Å². The van der Waals surface area contributed by atoms with Gasteiger partial charge in [-0.2, -0.15) is 11.8 Å². The van der Waals surface area contributed by atoms with Crippen molar-refractivity contribution in [2.45, 2.75) is 44.3 Å². The van der Waals surface area contributed by atoms with Gasteiger partial charge in [0.05, 0.1) is 0 Å². The van der Waals surface area contributed by atoms with Crippen LogP contribution in [0, 0.1) is 5.41 Å². The first-order chi connectivity index (χ1) is 16.9. The summed E-state index contributed by atoms with van der Waals surface area (Å²) < 4.78 is 0. The van der Waals surface area contributed by atoms with Crippen LogP contribution in [0.5, 0.6) is 0 Å². The highest BCUT2D eigenvalue weighted by atomic mass is 32.2. The summed E-state index contributed by atoms with van der Waals surface area (Å²) in [5, 5.41) is 0.328. The van der Waals surface area contributed by atoms with Gasteiger partial charge in [0, 0.05) is 35.7 Å². The molecule has 0 unspecified atom stereocenters. The van der Waals surface area contributed by atoms with E-state index in [0.717, 1.165) is 48.3 Å². The minimum atomic E-state index is 0.101.